The van der Waals surface area contributed by atoms with E-state index >= 15 is 0 Å². The minimum absolute atomic E-state index is 0.136. The van der Waals surface area contributed by atoms with Gasteiger partial charge in [0.05, 0.1) is 0 Å². The fourth-order valence-corrected chi connectivity index (χ4v) is 3.05. The number of aryl methyl sites for hydroxylation is 1. The van der Waals surface area contributed by atoms with Crippen LogP contribution in [0.15, 0.2) is 53.9 Å². The summed E-state index contributed by atoms with van der Waals surface area (Å²) in [6.07, 6.45) is 0. The van der Waals surface area contributed by atoms with Crippen molar-refractivity contribution in [3.8, 4) is 10.6 Å². The number of benzene rings is 2. The van der Waals surface area contributed by atoms with Crippen LogP contribution in [0.25, 0.3) is 10.6 Å². The van der Waals surface area contributed by atoms with E-state index in [9.17, 15) is 9.59 Å². The van der Waals surface area contributed by atoms with Crippen LogP contribution in [0.5, 0.6) is 0 Å². The average molecular weight is 351 g/mol. The molecule has 0 saturated heterocycles. The molecule has 25 heavy (non-hydrogen) atoms. The molecular weight excluding hydrogens is 334 g/mol. The van der Waals surface area contributed by atoms with Crippen LogP contribution < -0.4 is 10.6 Å². The van der Waals surface area contributed by atoms with E-state index in [0.29, 0.717) is 17.1 Å². The molecule has 2 N–H and O–H groups in total. The van der Waals surface area contributed by atoms with E-state index in [1.165, 1.54) is 23.8 Å². The SMILES string of the molecule is CC(=O)Nc1ccc(NC(=O)c2csc(-c3ccc(C)cc3)n2)cc1. The van der Waals surface area contributed by atoms with Crippen LogP contribution in [0, 0.1) is 6.92 Å². The number of nitrogens with zero attached hydrogens (tertiary/aromatic N) is 1. The maximum atomic E-state index is 12.3. The molecule has 0 fully saturated rings. The molecule has 0 aliphatic heterocycles. The van der Waals surface area contributed by atoms with E-state index in [0.717, 1.165) is 10.6 Å². The van der Waals surface area contributed by atoms with Crippen LogP contribution in [-0.4, -0.2) is 16.8 Å². The molecule has 1 heterocycles. The lowest BCUT2D eigenvalue weighted by molar-refractivity contribution is -0.114. The van der Waals surface area contributed by atoms with E-state index in [1.54, 1.807) is 29.6 Å². The number of anilines is 2. The lowest BCUT2D eigenvalue weighted by Gasteiger charge is -2.05. The van der Waals surface area contributed by atoms with Crippen LogP contribution in [0.1, 0.15) is 23.0 Å². The first-order valence-corrected chi connectivity index (χ1v) is 8.61. The molecule has 2 aromatic carbocycles. The first-order valence-electron chi connectivity index (χ1n) is 7.73. The van der Waals surface area contributed by atoms with Gasteiger partial charge in [-0.1, -0.05) is 29.8 Å². The van der Waals surface area contributed by atoms with Crippen molar-refractivity contribution in [3.05, 3.63) is 65.2 Å². The number of hydrogen-bond acceptors (Lipinski definition) is 4. The quantitative estimate of drug-likeness (QED) is 0.735. The number of hydrogen-bond donors (Lipinski definition) is 2. The highest BCUT2D eigenvalue weighted by Gasteiger charge is 2.12. The third kappa shape index (κ3) is 4.30. The van der Waals surface area contributed by atoms with Crippen molar-refractivity contribution in [1.82, 2.24) is 4.98 Å². The van der Waals surface area contributed by atoms with Gasteiger partial charge in [-0.2, -0.15) is 0 Å². The smallest absolute Gasteiger partial charge is 0.275 e. The van der Waals surface area contributed by atoms with E-state index in [4.69, 9.17) is 0 Å². The fraction of sp³-hybridized carbons (Fsp3) is 0.105. The number of carbonyl (C=O) groups is 2. The second kappa shape index (κ2) is 7.27. The highest BCUT2D eigenvalue weighted by molar-refractivity contribution is 7.13. The molecule has 126 valence electrons. The molecular formula is C19H17N3O2S. The second-order valence-electron chi connectivity index (χ2n) is 5.62. The number of aromatic nitrogens is 1. The van der Waals surface area contributed by atoms with Crippen molar-refractivity contribution < 1.29 is 9.59 Å². The summed E-state index contributed by atoms with van der Waals surface area (Å²) in [7, 11) is 0. The summed E-state index contributed by atoms with van der Waals surface area (Å²) in [6.45, 7) is 3.48. The largest absolute Gasteiger partial charge is 0.326 e. The van der Waals surface area contributed by atoms with Gasteiger partial charge >= 0.3 is 0 Å². The zero-order valence-electron chi connectivity index (χ0n) is 13.9. The summed E-state index contributed by atoms with van der Waals surface area (Å²) < 4.78 is 0. The standard InChI is InChI=1S/C19H17N3O2S/c1-12-3-5-14(6-4-12)19-22-17(11-25-19)18(24)21-16-9-7-15(8-10-16)20-13(2)23/h3-11H,1-2H3,(H,20,23)(H,21,24). The lowest BCUT2D eigenvalue weighted by atomic mass is 10.2. The number of nitrogens with one attached hydrogen (secondary N) is 2. The Bertz CT molecular complexity index is 899. The van der Waals surface area contributed by atoms with Crippen molar-refractivity contribution in [2.45, 2.75) is 13.8 Å². The topological polar surface area (TPSA) is 71.1 Å². The zero-order chi connectivity index (χ0) is 17.8. The minimum Gasteiger partial charge on any atom is -0.326 e. The van der Waals surface area contributed by atoms with Crippen LogP contribution >= 0.6 is 11.3 Å². The van der Waals surface area contributed by atoms with Crippen LogP contribution in [0.3, 0.4) is 0 Å². The molecule has 0 aliphatic rings. The highest BCUT2D eigenvalue weighted by Crippen LogP contribution is 2.24. The Morgan fingerprint density at radius 3 is 2.12 bits per heavy atom. The molecule has 3 aromatic rings. The molecule has 5 nitrogen and oxygen atoms in total. The third-order valence-corrected chi connectivity index (χ3v) is 4.39. The predicted molar refractivity (Wildman–Crippen MR) is 101 cm³/mol. The molecule has 0 spiro atoms. The Balaban J connectivity index is 1.69. The van der Waals surface area contributed by atoms with Crippen LogP contribution in [0.2, 0.25) is 0 Å². The van der Waals surface area contributed by atoms with Gasteiger partial charge in [0.25, 0.3) is 5.91 Å². The normalized spacial score (nSPS) is 10.3. The molecule has 0 bridgehead atoms. The number of amides is 2. The van der Waals surface area contributed by atoms with Crippen LogP contribution in [0.4, 0.5) is 11.4 Å². The maximum Gasteiger partial charge on any atom is 0.275 e. The van der Waals surface area contributed by atoms with E-state index in [2.05, 4.69) is 15.6 Å². The van der Waals surface area contributed by atoms with E-state index in [-0.39, 0.29) is 11.8 Å². The number of rotatable bonds is 4. The molecule has 6 heteroatoms. The Labute approximate surface area is 149 Å². The summed E-state index contributed by atoms with van der Waals surface area (Å²) >= 11 is 1.44. The third-order valence-electron chi connectivity index (χ3n) is 3.50. The molecule has 0 aliphatic carbocycles. The van der Waals surface area contributed by atoms with E-state index in [1.807, 2.05) is 31.2 Å². The first kappa shape index (κ1) is 16.9. The van der Waals surface area contributed by atoms with Gasteiger partial charge in [0.15, 0.2) is 0 Å². The monoisotopic (exact) mass is 351 g/mol. The molecule has 0 atom stereocenters. The molecule has 3 rings (SSSR count). The molecule has 0 radical (unpaired) electrons. The van der Waals surface area contributed by atoms with Gasteiger partial charge in [0.2, 0.25) is 5.91 Å². The van der Waals surface area contributed by atoms with E-state index < -0.39 is 0 Å². The fourth-order valence-electron chi connectivity index (χ4n) is 2.24. The summed E-state index contributed by atoms with van der Waals surface area (Å²) in [4.78, 5) is 27.8. The summed E-state index contributed by atoms with van der Waals surface area (Å²) in [5, 5.41) is 8.04. The molecule has 0 saturated carbocycles. The van der Waals surface area contributed by atoms with Gasteiger partial charge in [0.1, 0.15) is 10.7 Å². The minimum atomic E-state index is -0.262. The van der Waals surface area contributed by atoms with Gasteiger partial charge in [-0.15, -0.1) is 11.3 Å². The Hall–Kier alpha value is -2.99. The summed E-state index contributed by atoms with van der Waals surface area (Å²) in [5.74, 6) is -0.398. The van der Waals surface area contributed by atoms with Crippen molar-refractivity contribution in [2.75, 3.05) is 10.6 Å². The van der Waals surface area contributed by atoms with Crippen molar-refractivity contribution >= 4 is 34.5 Å². The van der Waals surface area contributed by atoms with Crippen molar-refractivity contribution in [2.24, 2.45) is 0 Å². The van der Waals surface area contributed by atoms with Gasteiger partial charge < -0.3 is 10.6 Å². The van der Waals surface area contributed by atoms with Gasteiger partial charge in [0, 0.05) is 29.2 Å². The Morgan fingerprint density at radius 1 is 0.920 bits per heavy atom. The maximum absolute atomic E-state index is 12.3. The summed E-state index contributed by atoms with van der Waals surface area (Å²) in [5.41, 5.74) is 3.88. The van der Waals surface area contributed by atoms with Crippen molar-refractivity contribution in [1.29, 1.82) is 0 Å². The molecule has 2 amide bonds. The van der Waals surface area contributed by atoms with Crippen molar-refractivity contribution in [3.63, 3.8) is 0 Å². The first-order chi connectivity index (χ1) is 12.0. The number of carbonyl (C=O) groups excluding carboxylic acids is 2. The van der Waals surface area contributed by atoms with Gasteiger partial charge in [-0.25, -0.2) is 4.98 Å². The Morgan fingerprint density at radius 2 is 1.52 bits per heavy atom. The average Bonchev–Trinajstić information content (AvgIpc) is 3.07. The zero-order valence-corrected chi connectivity index (χ0v) is 14.7. The molecule has 1 aromatic heterocycles. The van der Waals surface area contributed by atoms with Gasteiger partial charge in [-0.3, -0.25) is 9.59 Å². The lowest BCUT2D eigenvalue weighted by Crippen LogP contribution is -2.12. The van der Waals surface area contributed by atoms with Gasteiger partial charge in [-0.05, 0) is 31.2 Å². The predicted octanol–water partition coefficient (Wildman–Crippen LogP) is 4.33. The number of thiazole rings is 1. The highest BCUT2D eigenvalue weighted by atomic mass is 32.1. The second-order valence-corrected chi connectivity index (χ2v) is 6.47. The van der Waals surface area contributed by atoms with Crippen LogP contribution in [-0.2, 0) is 4.79 Å². The summed E-state index contributed by atoms with van der Waals surface area (Å²) in [6, 6.07) is 15.0. The molecule has 0 unspecified atom stereocenters. The Kier molecular flexibility index (Phi) is 4.90.